The van der Waals surface area contributed by atoms with E-state index in [0.717, 1.165) is 11.6 Å². The molecule has 0 spiro atoms. The minimum Gasteiger partial charge on any atom is -0.207 e. The molecule has 0 atom stereocenters. The molecule has 0 amide bonds. The molecule has 0 aliphatic heterocycles. The van der Waals surface area contributed by atoms with Gasteiger partial charge in [-0.3, -0.25) is 0 Å². The fourth-order valence-corrected chi connectivity index (χ4v) is 4.25. The molecule has 1 fully saturated rings. The van der Waals surface area contributed by atoms with Gasteiger partial charge in [0.05, 0.1) is 10.4 Å². The van der Waals surface area contributed by atoms with Gasteiger partial charge in [-0.15, -0.1) is 0 Å². The van der Waals surface area contributed by atoms with Crippen molar-refractivity contribution in [2.45, 2.75) is 30.2 Å². The first-order chi connectivity index (χ1) is 10.3. The van der Waals surface area contributed by atoms with E-state index >= 15 is 0 Å². The quantitative estimate of drug-likeness (QED) is 0.939. The van der Waals surface area contributed by atoms with Crippen LogP contribution >= 0.6 is 0 Å². The summed E-state index contributed by atoms with van der Waals surface area (Å²) in [4.78, 5) is 0.0577. The Balaban J connectivity index is 1.93. The molecule has 0 heterocycles. The molecule has 22 heavy (non-hydrogen) atoms. The van der Waals surface area contributed by atoms with Gasteiger partial charge in [-0.2, -0.15) is 0 Å². The topological polar surface area (TPSA) is 46.2 Å². The summed E-state index contributed by atoms with van der Waals surface area (Å²) >= 11 is 0. The van der Waals surface area contributed by atoms with Crippen molar-refractivity contribution in [3.8, 4) is 0 Å². The predicted molar refractivity (Wildman–Crippen MR) is 78.8 cm³/mol. The number of halogens is 2. The molecule has 0 saturated heterocycles. The number of nitrogens with one attached hydrogen (secondary N) is 1. The van der Waals surface area contributed by atoms with E-state index in [4.69, 9.17) is 0 Å². The standard InChI is InChI=1S/C16H15F2NO2S/c1-11-10-14(18)6-7-15(11)22(20,21)19-16(8-9-16)12-2-4-13(17)5-3-12/h2-7,10,19H,8-9H2,1H3. The molecule has 1 aliphatic carbocycles. The summed E-state index contributed by atoms with van der Waals surface area (Å²) in [6, 6.07) is 9.36. The molecule has 0 bridgehead atoms. The van der Waals surface area contributed by atoms with Gasteiger partial charge in [0.2, 0.25) is 10.0 Å². The first-order valence-electron chi connectivity index (χ1n) is 6.89. The van der Waals surface area contributed by atoms with Crippen molar-refractivity contribution >= 4 is 10.0 Å². The third-order valence-electron chi connectivity index (χ3n) is 3.90. The van der Waals surface area contributed by atoms with Gasteiger partial charge in [-0.1, -0.05) is 12.1 Å². The molecule has 3 rings (SSSR count). The third kappa shape index (κ3) is 2.76. The zero-order valence-electron chi connectivity index (χ0n) is 11.9. The fraction of sp³-hybridized carbons (Fsp3) is 0.250. The van der Waals surface area contributed by atoms with Crippen molar-refractivity contribution in [1.29, 1.82) is 0 Å². The van der Waals surface area contributed by atoms with Gasteiger partial charge in [-0.05, 0) is 61.2 Å². The Hall–Kier alpha value is -1.79. The second-order valence-electron chi connectivity index (χ2n) is 5.60. The van der Waals surface area contributed by atoms with Crippen LogP contribution in [0.15, 0.2) is 47.4 Å². The molecule has 2 aromatic carbocycles. The van der Waals surface area contributed by atoms with Crippen LogP contribution in [0.2, 0.25) is 0 Å². The maximum atomic E-state index is 13.1. The monoisotopic (exact) mass is 323 g/mol. The predicted octanol–water partition coefficient (Wildman–Crippen LogP) is 3.24. The van der Waals surface area contributed by atoms with E-state index in [1.165, 1.54) is 24.3 Å². The van der Waals surface area contributed by atoms with E-state index in [-0.39, 0.29) is 10.7 Å². The lowest BCUT2D eigenvalue weighted by Crippen LogP contribution is -2.35. The summed E-state index contributed by atoms with van der Waals surface area (Å²) in [5.74, 6) is -0.840. The Bertz CT molecular complexity index is 813. The van der Waals surface area contributed by atoms with E-state index in [1.807, 2.05) is 0 Å². The van der Waals surface area contributed by atoms with Gasteiger partial charge in [0, 0.05) is 0 Å². The fourth-order valence-electron chi connectivity index (χ4n) is 2.57. The van der Waals surface area contributed by atoms with Gasteiger partial charge in [-0.25, -0.2) is 21.9 Å². The lowest BCUT2D eigenvalue weighted by molar-refractivity contribution is 0.549. The Kier molecular flexibility index (Phi) is 3.53. The van der Waals surface area contributed by atoms with Crippen LogP contribution in [0, 0.1) is 18.6 Å². The van der Waals surface area contributed by atoms with Crippen LogP contribution in [0.4, 0.5) is 8.78 Å². The SMILES string of the molecule is Cc1cc(F)ccc1S(=O)(=O)NC1(c2ccc(F)cc2)CC1. The molecule has 116 valence electrons. The van der Waals surface area contributed by atoms with Gasteiger partial charge in [0.15, 0.2) is 0 Å². The lowest BCUT2D eigenvalue weighted by Gasteiger charge is -2.19. The van der Waals surface area contributed by atoms with Crippen LogP contribution < -0.4 is 4.72 Å². The Morgan fingerprint density at radius 1 is 1.00 bits per heavy atom. The number of hydrogen-bond acceptors (Lipinski definition) is 2. The van der Waals surface area contributed by atoms with Crippen molar-refractivity contribution in [2.75, 3.05) is 0 Å². The number of rotatable bonds is 4. The summed E-state index contributed by atoms with van der Waals surface area (Å²) < 4.78 is 53.9. The number of aryl methyl sites for hydroxylation is 1. The van der Waals surface area contributed by atoms with Gasteiger partial charge in [0.1, 0.15) is 11.6 Å². The molecule has 2 aromatic rings. The highest BCUT2D eigenvalue weighted by molar-refractivity contribution is 7.89. The minimum atomic E-state index is -3.77. The van der Waals surface area contributed by atoms with Crippen molar-refractivity contribution in [3.05, 3.63) is 65.2 Å². The van der Waals surface area contributed by atoms with Crippen LogP contribution in [0.5, 0.6) is 0 Å². The van der Waals surface area contributed by atoms with Crippen molar-refractivity contribution in [2.24, 2.45) is 0 Å². The molecule has 0 aromatic heterocycles. The third-order valence-corrected chi connectivity index (χ3v) is 5.60. The van der Waals surface area contributed by atoms with Gasteiger partial charge >= 0.3 is 0 Å². The highest BCUT2D eigenvalue weighted by Crippen LogP contribution is 2.46. The van der Waals surface area contributed by atoms with E-state index in [9.17, 15) is 17.2 Å². The molecule has 0 unspecified atom stereocenters. The van der Waals surface area contributed by atoms with Crippen molar-refractivity contribution in [3.63, 3.8) is 0 Å². The molecular formula is C16H15F2NO2S. The van der Waals surface area contributed by atoms with Crippen molar-refractivity contribution in [1.82, 2.24) is 4.72 Å². The van der Waals surface area contributed by atoms with E-state index < -0.39 is 21.4 Å². The number of sulfonamides is 1. The smallest absolute Gasteiger partial charge is 0.207 e. The molecular weight excluding hydrogens is 308 g/mol. The van der Waals surface area contributed by atoms with E-state index in [0.29, 0.717) is 18.4 Å². The Morgan fingerprint density at radius 3 is 2.14 bits per heavy atom. The zero-order valence-corrected chi connectivity index (χ0v) is 12.8. The summed E-state index contributed by atoms with van der Waals surface area (Å²) in [5, 5.41) is 0. The van der Waals surface area contributed by atoms with Crippen LogP contribution in [-0.4, -0.2) is 8.42 Å². The van der Waals surface area contributed by atoms with Crippen molar-refractivity contribution < 1.29 is 17.2 Å². The number of hydrogen-bond donors (Lipinski definition) is 1. The Morgan fingerprint density at radius 2 is 1.59 bits per heavy atom. The maximum absolute atomic E-state index is 13.1. The van der Waals surface area contributed by atoms with Crippen LogP contribution in [0.1, 0.15) is 24.0 Å². The second-order valence-corrected chi connectivity index (χ2v) is 7.26. The molecule has 6 heteroatoms. The highest BCUT2D eigenvalue weighted by atomic mass is 32.2. The van der Waals surface area contributed by atoms with E-state index in [2.05, 4.69) is 4.72 Å². The average molecular weight is 323 g/mol. The van der Waals surface area contributed by atoms with E-state index in [1.54, 1.807) is 19.1 Å². The van der Waals surface area contributed by atoms with Gasteiger partial charge in [0.25, 0.3) is 0 Å². The normalized spacial score (nSPS) is 16.5. The zero-order chi connectivity index (χ0) is 16.0. The lowest BCUT2D eigenvalue weighted by atomic mass is 10.1. The second kappa shape index (κ2) is 5.14. The average Bonchev–Trinajstić information content (AvgIpc) is 3.19. The molecule has 0 radical (unpaired) electrons. The number of benzene rings is 2. The molecule has 3 nitrogen and oxygen atoms in total. The first kappa shape index (κ1) is 15.1. The summed E-state index contributed by atoms with van der Waals surface area (Å²) in [6.45, 7) is 1.55. The summed E-state index contributed by atoms with van der Waals surface area (Å²) in [5.41, 5.74) is 0.396. The van der Waals surface area contributed by atoms with Crippen LogP contribution in [-0.2, 0) is 15.6 Å². The largest absolute Gasteiger partial charge is 0.241 e. The maximum Gasteiger partial charge on any atom is 0.241 e. The first-order valence-corrected chi connectivity index (χ1v) is 8.37. The highest BCUT2D eigenvalue weighted by Gasteiger charge is 2.47. The summed E-state index contributed by atoms with van der Waals surface area (Å²) in [7, 11) is -3.77. The van der Waals surface area contributed by atoms with Gasteiger partial charge < -0.3 is 0 Å². The van der Waals surface area contributed by atoms with Crippen LogP contribution in [0.25, 0.3) is 0 Å². The molecule has 1 saturated carbocycles. The van der Waals surface area contributed by atoms with Crippen LogP contribution in [0.3, 0.4) is 0 Å². The molecule has 1 N–H and O–H groups in total. The summed E-state index contributed by atoms with van der Waals surface area (Å²) in [6.07, 6.45) is 1.30. The Labute approximate surface area is 128 Å². The molecule has 1 aliphatic rings. The minimum absolute atomic E-state index is 0.0577.